The minimum Gasteiger partial charge on any atom is -0.321 e. The molecule has 0 aliphatic rings. The molecule has 0 atom stereocenters. The number of pyridine rings is 1. The van der Waals surface area contributed by atoms with Crippen molar-refractivity contribution in [3.8, 4) is 6.07 Å². The van der Waals surface area contributed by atoms with Gasteiger partial charge in [0.2, 0.25) is 0 Å². The third kappa shape index (κ3) is 4.17. The molecule has 1 heterocycles. The second-order valence-electron chi connectivity index (χ2n) is 5.75. The van der Waals surface area contributed by atoms with E-state index in [2.05, 4.69) is 10.3 Å². The van der Waals surface area contributed by atoms with Gasteiger partial charge in [-0.15, -0.1) is 0 Å². The van der Waals surface area contributed by atoms with Crippen LogP contribution in [0.1, 0.15) is 26.5 Å². The van der Waals surface area contributed by atoms with E-state index in [1.807, 2.05) is 36.4 Å². The van der Waals surface area contributed by atoms with E-state index in [0.717, 1.165) is 5.69 Å². The fourth-order valence-electron chi connectivity index (χ4n) is 2.48. The third-order valence-electron chi connectivity index (χ3n) is 3.90. The van der Waals surface area contributed by atoms with Crippen LogP contribution in [0.4, 0.5) is 11.4 Å². The van der Waals surface area contributed by atoms with E-state index < -0.39 is 5.91 Å². The molecule has 3 aromatic rings. The van der Waals surface area contributed by atoms with Gasteiger partial charge in [0.15, 0.2) is 0 Å². The van der Waals surface area contributed by atoms with Crippen LogP contribution >= 0.6 is 0 Å². The zero-order valence-electron chi connectivity index (χ0n) is 14.6. The van der Waals surface area contributed by atoms with Crippen LogP contribution < -0.4 is 10.2 Å². The zero-order valence-corrected chi connectivity index (χ0v) is 14.6. The maximum Gasteiger partial charge on any atom is 0.276 e. The molecule has 2 aromatic carbocycles. The first-order valence-corrected chi connectivity index (χ1v) is 8.20. The number of nitrogens with zero attached hydrogens (tertiary/aromatic N) is 3. The van der Waals surface area contributed by atoms with Gasteiger partial charge in [-0.3, -0.25) is 9.59 Å². The molecule has 0 spiro atoms. The summed E-state index contributed by atoms with van der Waals surface area (Å²) >= 11 is 0. The fraction of sp³-hybridized carbons (Fsp3) is 0.0476. The lowest BCUT2D eigenvalue weighted by atomic mass is 10.2. The van der Waals surface area contributed by atoms with E-state index in [1.165, 1.54) is 11.0 Å². The number of amides is 2. The summed E-state index contributed by atoms with van der Waals surface area (Å²) in [5.74, 6) is -0.774. The molecule has 132 valence electrons. The molecule has 0 saturated carbocycles. The summed E-state index contributed by atoms with van der Waals surface area (Å²) in [6.07, 6.45) is 0. The number of aromatic nitrogens is 1. The predicted molar refractivity (Wildman–Crippen MR) is 103 cm³/mol. The number of anilines is 2. The van der Waals surface area contributed by atoms with Crippen molar-refractivity contribution in [3.05, 3.63) is 89.7 Å². The van der Waals surface area contributed by atoms with Gasteiger partial charge in [0, 0.05) is 18.4 Å². The minimum absolute atomic E-state index is 0.115. The maximum atomic E-state index is 12.7. The Hall–Kier alpha value is -3.98. The van der Waals surface area contributed by atoms with Crippen molar-refractivity contribution in [2.45, 2.75) is 0 Å². The highest BCUT2D eigenvalue weighted by Crippen LogP contribution is 2.15. The molecule has 0 aliphatic heterocycles. The maximum absolute atomic E-state index is 12.7. The molecule has 0 fully saturated rings. The van der Waals surface area contributed by atoms with Crippen LogP contribution in [0.25, 0.3) is 0 Å². The lowest BCUT2D eigenvalue weighted by Crippen LogP contribution is -2.27. The summed E-state index contributed by atoms with van der Waals surface area (Å²) in [6, 6.07) is 22.5. The van der Waals surface area contributed by atoms with Crippen LogP contribution in [0, 0.1) is 11.3 Å². The Bertz CT molecular complexity index is 1030. The largest absolute Gasteiger partial charge is 0.321 e. The van der Waals surface area contributed by atoms with Gasteiger partial charge in [0.1, 0.15) is 11.4 Å². The van der Waals surface area contributed by atoms with Crippen LogP contribution in [-0.4, -0.2) is 23.8 Å². The Balaban J connectivity index is 1.79. The highest BCUT2D eigenvalue weighted by atomic mass is 16.2. The van der Waals surface area contributed by atoms with Crippen molar-refractivity contribution >= 4 is 23.2 Å². The van der Waals surface area contributed by atoms with Crippen molar-refractivity contribution in [2.24, 2.45) is 0 Å². The van der Waals surface area contributed by atoms with Gasteiger partial charge in [0.25, 0.3) is 11.8 Å². The summed E-state index contributed by atoms with van der Waals surface area (Å²) < 4.78 is 0. The van der Waals surface area contributed by atoms with E-state index in [9.17, 15) is 9.59 Å². The van der Waals surface area contributed by atoms with Crippen LogP contribution in [0.2, 0.25) is 0 Å². The zero-order chi connectivity index (χ0) is 19.2. The summed E-state index contributed by atoms with van der Waals surface area (Å²) in [5, 5.41) is 11.6. The Labute approximate surface area is 156 Å². The van der Waals surface area contributed by atoms with E-state index >= 15 is 0 Å². The van der Waals surface area contributed by atoms with Crippen molar-refractivity contribution in [2.75, 3.05) is 17.3 Å². The van der Waals surface area contributed by atoms with Crippen molar-refractivity contribution in [1.29, 1.82) is 5.26 Å². The van der Waals surface area contributed by atoms with Crippen LogP contribution in [0.3, 0.4) is 0 Å². The van der Waals surface area contributed by atoms with E-state index in [0.29, 0.717) is 11.3 Å². The molecule has 3 rings (SSSR count). The number of benzene rings is 2. The van der Waals surface area contributed by atoms with E-state index in [-0.39, 0.29) is 17.3 Å². The van der Waals surface area contributed by atoms with Gasteiger partial charge in [-0.2, -0.15) is 5.26 Å². The van der Waals surface area contributed by atoms with Gasteiger partial charge >= 0.3 is 0 Å². The summed E-state index contributed by atoms with van der Waals surface area (Å²) in [5.41, 5.74) is 1.94. The Morgan fingerprint density at radius 2 is 1.67 bits per heavy atom. The SMILES string of the molecule is CN(C(=O)c1cccc(C(=O)Nc2cccc(C#N)c2)n1)c1ccccc1. The summed E-state index contributed by atoms with van der Waals surface area (Å²) in [7, 11) is 1.65. The summed E-state index contributed by atoms with van der Waals surface area (Å²) in [6.45, 7) is 0. The molecule has 1 aromatic heterocycles. The van der Waals surface area contributed by atoms with Gasteiger partial charge in [-0.25, -0.2) is 4.98 Å². The number of carbonyl (C=O) groups excluding carboxylic acids is 2. The molecule has 27 heavy (non-hydrogen) atoms. The van der Waals surface area contributed by atoms with Gasteiger partial charge < -0.3 is 10.2 Å². The average molecular weight is 356 g/mol. The van der Waals surface area contributed by atoms with Crippen LogP contribution in [0.5, 0.6) is 0 Å². The molecule has 0 radical (unpaired) electrons. The molecule has 6 heteroatoms. The molecule has 0 unspecified atom stereocenters. The predicted octanol–water partition coefficient (Wildman–Crippen LogP) is 3.48. The van der Waals surface area contributed by atoms with E-state index in [1.54, 1.807) is 43.4 Å². The second kappa shape index (κ2) is 7.93. The highest BCUT2D eigenvalue weighted by Gasteiger charge is 2.17. The normalized spacial score (nSPS) is 9.93. The molecule has 0 saturated heterocycles. The smallest absolute Gasteiger partial charge is 0.276 e. The number of carbonyl (C=O) groups is 2. The Kier molecular flexibility index (Phi) is 5.24. The monoisotopic (exact) mass is 356 g/mol. The Morgan fingerprint density at radius 1 is 0.963 bits per heavy atom. The fourth-order valence-corrected chi connectivity index (χ4v) is 2.48. The third-order valence-corrected chi connectivity index (χ3v) is 3.90. The van der Waals surface area contributed by atoms with Crippen LogP contribution in [-0.2, 0) is 0 Å². The van der Waals surface area contributed by atoms with Crippen molar-refractivity contribution in [3.63, 3.8) is 0 Å². The first-order valence-electron chi connectivity index (χ1n) is 8.20. The Morgan fingerprint density at radius 3 is 2.41 bits per heavy atom. The minimum atomic E-state index is -0.456. The molecule has 0 bridgehead atoms. The average Bonchev–Trinajstić information content (AvgIpc) is 2.73. The van der Waals surface area contributed by atoms with Crippen LogP contribution in [0.15, 0.2) is 72.8 Å². The molecular weight excluding hydrogens is 340 g/mol. The first-order chi connectivity index (χ1) is 13.1. The number of para-hydroxylation sites is 1. The highest BCUT2D eigenvalue weighted by molar-refractivity contribution is 6.07. The molecule has 2 amide bonds. The molecule has 0 aliphatic carbocycles. The number of hydrogen-bond donors (Lipinski definition) is 1. The number of nitriles is 1. The molecule has 6 nitrogen and oxygen atoms in total. The quantitative estimate of drug-likeness (QED) is 0.775. The summed E-state index contributed by atoms with van der Waals surface area (Å²) in [4.78, 5) is 30.8. The second-order valence-corrected chi connectivity index (χ2v) is 5.75. The van der Waals surface area contributed by atoms with Crippen molar-refractivity contribution in [1.82, 2.24) is 4.98 Å². The number of rotatable bonds is 4. The van der Waals surface area contributed by atoms with E-state index in [4.69, 9.17) is 5.26 Å². The lowest BCUT2D eigenvalue weighted by molar-refractivity contribution is 0.0988. The van der Waals surface area contributed by atoms with Gasteiger partial charge in [0.05, 0.1) is 11.6 Å². The molecular formula is C21H16N4O2. The van der Waals surface area contributed by atoms with Gasteiger partial charge in [-0.1, -0.05) is 30.3 Å². The number of hydrogen-bond acceptors (Lipinski definition) is 4. The first kappa shape index (κ1) is 17.8. The lowest BCUT2D eigenvalue weighted by Gasteiger charge is -2.17. The van der Waals surface area contributed by atoms with Gasteiger partial charge in [-0.05, 0) is 42.5 Å². The number of nitrogens with one attached hydrogen (secondary N) is 1. The molecule has 1 N–H and O–H groups in total. The standard InChI is InChI=1S/C21H16N4O2/c1-25(17-9-3-2-4-10-17)21(27)19-12-6-11-18(24-19)20(26)23-16-8-5-7-15(13-16)14-22/h2-13H,1H3,(H,23,26). The van der Waals surface area contributed by atoms with Crippen molar-refractivity contribution < 1.29 is 9.59 Å². The topological polar surface area (TPSA) is 86.1 Å².